The van der Waals surface area contributed by atoms with E-state index < -0.39 is 6.10 Å². The summed E-state index contributed by atoms with van der Waals surface area (Å²) in [6.45, 7) is 1.24. The average Bonchev–Trinajstić information content (AvgIpc) is 3.20. The molecule has 0 saturated heterocycles. The zero-order valence-electron chi connectivity index (χ0n) is 16.0. The number of carbonyl (C=O) groups is 2. The van der Waals surface area contributed by atoms with E-state index in [2.05, 4.69) is 10.3 Å². The van der Waals surface area contributed by atoms with Gasteiger partial charge in [-0.25, -0.2) is 4.98 Å². The van der Waals surface area contributed by atoms with Crippen molar-refractivity contribution < 1.29 is 19.1 Å². The fourth-order valence-electron chi connectivity index (χ4n) is 3.52. The Balaban J connectivity index is 1.25. The van der Waals surface area contributed by atoms with Gasteiger partial charge >= 0.3 is 0 Å². The van der Waals surface area contributed by atoms with Crippen LogP contribution in [0.5, 0.6) is 11.5 Å². The number of amides is 2. The minimum Gasteiger partial charge on any atom is -0.485 e. The van der Waals surface area contributed by atoms with E-state index >= 15 is 0 Å². The van der Waals surface area contributed by atoms with E-state index in [4.69, 9.17) is 9.47 Å². The lowest BCUT2D eigenvalue weighted by Gasteiger charge is -2.26. The number of benzene rings is 2. The first-order valence-electron chi connectivity index (χ1n) is 9.69. The highest BCUT2D eigenvalue weighted by Crippen LogP contribution is 2.32. The smallest absolute Gasteiger partial charge is 0.270 e. The van der Waals surface area contributed by atoms with Gasteiger partial charge in [0.25, 0.3) is 11.8 Å². The molecule has 0 bridgehead atoms. The fourth-order valence-corrected chi connectivity index (χ4v) is 4.55. The molecule has 3 aromatic rings. The molecular formula is C22H19N3O4S. The van der Waals surface area contributed by atoms with E-state index in [0.29, 0.717) is 41.7 Å². The lowest BCUT2D eigenvalue weighted by atomic mass is 10.1. The number of para-hydroxylation sites is 2. The topological polar surface area (TPSA) is 80.8 Å². The molecule has 0 aliphatic carbocycles. The summed E-state index contributed by atoms with van der Waals surface area (Å²) in [5.74, 6) is 0.895. The third-order valence-corrected chi connectivity index (χ3v) is 6.07. The van der Waals surface area contributed by atoms with Crippen LogP contribution in [-0.2, 0) is 17.8 Å². The molecule has 1 N–H and O–H groups in total. The maximum atomic E-state index is 12.7. The monoisotopic (exact) mass is 421 g/mol. The molecule has 152 valence electrons. The van der Waals surface area contributed by atoms with Crippen LogP contribution >= 0.6 is 11.3 Å². The molecule has 2 aliphatic heterocycles. The molecule has 0 saturated carbocycles. The summed E-state index contributed by atoms with van der Waals surface area (Å²) in [7, 11) is 0. The number of nitrogens with zero attached hydrogens (tertiary/aromatic N) is 2. The van der Waals surface area contributed by atoms with Crippen molar-refractivity contribution in [2.24, 2.45) is 0 Å². The molecule has 2 amide bonds. The van der Waals surface area contributed by atoms with Gasteiger partial charge in [0.1, 0.15) is 6.61 Å². The molecular weight excluding hydrogens is 402 g/mol. The Morgan fingerprint density at radius 1 is 1.07 bits per heavy atom. The molecule has 1 unspecified atom stereocenters. The van der Waals surface area contributed by atoms with Crippen molar-refractivity contribution in [2.45, 2.75) is 19.1 Å². The van der Waals surface area contributed by atoms with E-state index in [1.807, 2.05) is 47.4 Å². The zero-order chi connectivity index (χ0) is 20.5. The van der Waals surface area contributed by atoms with Gasteiger partial charge in [-0.3, -0.25) is 14.9 Å². The Bertz CT molecular complexity index is 1100. The Morgan fingerprint density at radius 2 is 1.83 bits per heavy atom. The highest BCUT2D eigenvalue weighted by molar-refractivity contribution is 7.15. The van der Waals surface area contributed by atoms with Crippen LogP contribution in [0, 0.1) is 0 Å². The van der Waals surface area contributed by atoms with Crippen molar-refractivity contribution in [1.82, 2.24) is 9.88 Å². The van der Waals surface area contributed by atoms with E-state index in [1.54, 1.807) is 12.1 Å². The third-order valence-electron chi connectivity index (χ3n) is 5.07. The van der Waals surface area contributed by atoms with E-state index in [1.165, 1.54) is 11.3 Å². The van der Waals surface area contributed by atoms with Crippen LogP contribution < -0.4 is 14.8 Å². The van der Waals surface area contributed by atoms with Gasteiger partial charge in [-0.1, -0.05) is 41.7 Å². The fraction of sp³-hybridized carbons (Fsp3) is 0.227. The Labute approximate surface area is 177 Å². The maximum Gasteiger partial charge on any atom is 0.270 e. The van der Waals surface area contributed by atoms with Gasteiger partial charge in [0.15, 0.2) is 16.6 Å². The molecule has 7 nitrogen and oxygen atoms in total. The first kappa shape index (κ1) is 18.6. The molecule has 0 fully saturated rings. The molecule has 3 heterocycles. The number of anilines is 1. The largest absolute Gasteiger partial charge is 0.485 e. The molecule has 5 rings (SSSR count). The van der Waals surface area contributed by atoms with Gasteiger partial charge in [0.2, 0.25) is 6.10 Å². The minimum absolute atomic E-state index is 0.00616. The summed E-state index contributed by atoms with van der Waals surface area (Å²) in [6, 6.07) is 16.5. The summed E-state index contributed by atoms with van der Waals surface area (Å²) in [4.78, 5) is 32.7. The zero-order valence-corrected chi connectivity index (χ0v) is 16.9. The number of hydrogen-bond acceptors (Lipinski definition) is 6. The lowest BCUT2D eigenvalue weighted by Crippen LogP contribution is -2.40. The van der Waals surface area contributed by atoms with Gasteiger partial charge < -0.3 is 14.4 Å². The predicted octanol–water partition coefficient (Wildman–Crippen LogP) is 3.12. The van der Waals surface area contributed by atoms with Gasteiger partial charge in [-0.15, -0.1) is 0 Å². The van der Waals surface area contributed by atoms with Crippen molar-refractivity contribution in [1.29, 1.82) is 0 Å². The van der Waals surface area contributed by atoms with Crippen LogP contribution in [0.4, 0.5) is 5.13 Å². The third kappa shape index (κ3) is 3.61. The predicted molar refractivity (Wildman–Crippen MR) is 112 cm³/mol. The first-order valence-corrected chi connectivity index (χ1v) is 10.5. The number of rotatable bonds is 3. The Morgan fingerprint density at radius 3 is 2.67 bits per heavy atom. The maximum absolute atomic E-state index is 12.7. The van der Waals surface area contributed by atoms with Gasteiger partial charge in [0, 0.05) is 23.4 Å². The number of hydrogen-bond donors (Lipinski definition) is 1. The van der Waals surface area contributed by atoms with Crippen LogP contribution in [0.1, 0.15) is 20.9 Å². The second-order valence-electron chi connectivity index (χ2n) is 7.09. The number of fused-ring (bicyclic) bond motifs is 2. The number of ether oxygens (including phenoxy) is 2. The van der Waals surface area contributed by atoms with Gasteiger partial charge in [0.05, 0.1) is 12.2 Å². The van der Waals surface area contributed by atoms with E-state index in [-0.39, 0.29) is 18.4 Å². The number of thiazole rings is 1. The molecule has 30 heavy (non-hydrogen) atoms. The van der Waals surface area contributed by atoms with Crippen molar-refractivity contribution in [3.63, 3.8) is 0 Å². The van der Waals surface area contributed by atoms with Crippen molar-refractivity contribution >= 4 is 28.3 Å². The minimum atomic E-state index is -0.739. The van der Waals surface area contributed by atoms with E-state index in [9.17, 15) is 9.59 Å². The van der Waals surface area contributed by atoms with Crippen molar-refractivity contribution in [3.8, 4) is 11.5 Å². The van der Waals surface area contributed by atoms with E-state index in [0.717, 1.165) is 10.6 Å². The van der Waals surface area contributed by atoms with Crippen LogP contribution in [0.2, 0.25) is 0 Å². The summed E-state index contributed by atoms with van der Waals surface area (Å²) < 4.78 is 11.4. The van der Waals surface area contributed by atoms with Crippen LogP contribution in [0.3, 0.4) is 0 Å². The molecule has 0 radical (unpaired) electrons. The number of carbonyl (C=O) groups excluding carboxylic acids is 2. The lowest BCUT2D eigenvalue weighted by molar-refractivity contribution is -0.125. The second-order valence-corrected chi connectivity index (χ2v) is 8.17. The molecule has 8 heteroatoms. The molecule has 2 aromatic carbocycles. The Kier molecular flexibility index (Phi) is 4.84. The highest BCUT2D eigenvalue weighted by atomic mass is 32.1. The number of nitrogens with one attached hydrogen (secondary N) is 1. The summed E-state index contributed by atoms with van der Waals surface area (Å²) >= 11 is 1.40. The van der Waals surface area contributed by atoms with Crippen molar-refractivity contribution in [3.05, 3.63) is 70.7 Å². The molecule has 1 aromatic heterocycles. The average molecular weight is 421 g/mol. The van der Waals surface area contributed by atoms with Gasteiger partial charge in [-0.2, -0.15) is 0 Å². The Hall–Kier alpha value is -3.39. The van der Waals surface area contributed by atoms with Crippen molar-refractivity contribution in [2.75, 3.05) is 18.5 Å². The molecule has 2 aliphatic rings. The summed E-state index contributed by atoms with van der Waals surface area (Å²) in [6.07, 6.45) is -0.0755. The first-order chi connectivity index (χ1) is 14.7. The molecule has 1 atom stereocenters. The summed E-state index contributed by atoms with van der Waals surface area (Å²) in [5, 5.41) is 3.35. The highest BCUT2D eigenvalue weighted by Gasteiger charge is 2.29. The quantitative estimate of drug-likeness (QED) is 0.703. The molecule has 0 spiro atoms. The summed E-state index contributed by atoms with van der Waals surface area (Å²) in [5.41, 5.74) is 1.60. The van der Waals surface area contributed by atoms with Crippen LogP contribution in [0.25, 0.3) is 0 Å². The van der Waals surface area contributed by atoms with Crippen LogP contribution in [-0.4, -0.2) is 41.0 Å². The normalized spacial score (nSPS) is 17.2. The second kappa shape index (κ2) is 7.79. The SMILES string of the molecule is O=C(Nc1nc2c(s1)CN(C(=O)c1ccccc1)CC2)C1COc2ccccc2O1. The number of aromatic nitrogens is 1. The van der Waals surface area contributed by atoms with Gasteiger partial charge in [-0.05, 0) is 24.3 Å². The van der Waals surface area contributed by atoms with Crippen LogP contribution in [0.15, 0.2) is 54.6 Å². The standard InChI is InChI=1S/C22H19N3O4S/c26-20(18-13-28-16-8-4-5-9-17(16)29-18)24-22-23-15-10-11-25(12-19(15)30-22)21(27)14-6-2-1-3-7-14/h1-9,18H,10-13H2,(H,23,24,26).